The number of aromatic nitrogens is 1. The Balaban J connectivity index is 2.10. The summed E-state index contributed by atoms with van der Waals surface area (Å²) in [6, 6.07) is 7.16. The molecule has 0 atom stereocenters. The number of anilines is 1. The summed E-state index contributed by atoms with van der Waals surface area (Å²) in [6.07, 6.45) is 1.61. The number of thiocarbonyl (C=S) groups is 1. The third-order valence-corrected chi connectivity index (χ3v) is 5.39. The Kier molecular flexibility index (Phi) is 4.73. The molecule has 0 spiro atoms. The summed E-state index contributed by atoms with van der Waals surface area (Å²) in [4.78, 5) is 26.8. The topological polar surface area (TPSA) is 54.3 Å². The number of nitrogens with zero attached hydrogens (tertiary/aromatic N) is 2. The van der Waals surface area contributed by atoms with Crippen molar-refractivity contribution in [3.05, 3.63) is 57.4 Å². The van der Waals surface area contributed by atoms with E-state index in [9.17, 15) is 9.59 Å². The molecule has 2 aromatic rings. The van der Waals surface area contributed by atoms with E-state index in [1.165, 1.54) is 4.90 Å². The minimum Gasteiger partial charge on any atom is -0.352 e. The highest BCUT2D eigenvalue weighted by Gasteiger charge is 2.35. The van der Waals surface area contributed by atoms with E-state index >= 15 is 0 Å². The van der Waals surface area contributed by atoms with Crippen LogP contribution in [-0.2, 0) is 16.6 Å². The average Bonchev–Trinajstić information content (AvgIpc) is 2.82. The molecule has 1 aliphatic rings. The second kappa shape index (κ2) is 6.70. The molecule has 2 amide bonds. The van der Waals surface area contributed by atoms with Crippen molar-refractivity contribution < 1.29 is 9.59 Å². The number of hydrogen-bond acceptors (Lipinski definition) is 3. The van der Waals surface area contributed by atoms with Crippen LogP contribution >= 0.6 is 23.8 Å². The fourth-order valence-corrected chi connectivity index (χ4v) is 3.34. The van der Waals surface area contributed by atoms with Gasteiger partial charge in [-0.3, -0.25) is 19.8 Å². The van der Waals surface area contributed by atoms with Crippen molar-refractivity contribution in [2.24, 2.45) is 7.05 Å². The number of carbonyl (C=O) groups excluding carboxylic acids is 2. The predicted molar refractivity (Wildman–Crippen MR) is 107 cm³/mol. The minimum absolute atomic E-state index is 0.0340. The van der Waals surface area contributed by atoms with E-state index in [1.807, 2.05) is 31.5 Å². The predicted octanol–water partition coefficient (Wildman–Crippen LogP) is 3.44. The van der Waals surface area contributed by atoms with Gasteiger partial charge in [-0.25, -0.2) is 0 Å². The molecular formula is C19H18ClN3O2S. The van der Waals surface area contributed by atoms with Crippen LogP contribution in [-0.4, -0.2) is 21.5 Å². The first-order valence-corrected chi connectivity index (χ1v) is 8.80. The summed E-state index contributed by atoms with van der Waals surface area (Å²) in [6.45, 7) is 5.71. The molecule has 1 aromatic heterocycles. The first-order chi connectivity index (χ1) is 12.2. The number of amides is 2. The van der Waals surface area contributed by atoms with Gasteiger partial charge in [-0.15, -0.1) is 0 Å². The third kappa shape index (κ3) is 2.95. The molecule has 26 heavy (non-hydrogen) atoms. The van der Waals surface area contributed by atoms with Crippen LogP contribution in [0.4, 0.5) is 5.69 Å². The molecule has 1 saturated heterocycles. The lowest BCUT2D eigenvalue weighted by Gasteiger charge is -2.30. The molecule has 3 rings (SSSR count). The number of hydrogen-bond donors (Lipinski definition) is 1. The second-order valence-corrected chi connectivity index (χ2v) is 7.02. The quantitative estimate of drug-likeness (QED) is 0.488. The standard InChI is InChI=1S/C19H18ClN3O2S/c1-10-8-13(12(3)22(10)4)9-14-17(24)21-19(26)23(18(14)25)16-7-5-6-15(20)11(16)2/h5-9H,1-4H3,(H,21,24,26)/b14-9+. The Hall–Kier alpha value is -2.44. The van der Waals surface area contributed by atoms with Crippen molar-refractivity contribution in [3.8, 4) is 0 Å². The summed E-state index contributed by atoms with van der Waals surface area (Å²) in [5.74, 6) is -0.970. The van der Waals surface area contributed by atoms with E-state index in [0.717, 1.165) is 17.0 Å². The Labute approximate surface area is 162 Å². The van der Waals surface area contributed by atoms with E-state index in [1.54, 1.807) is 31.2 Å². The van der Waals surface area contributed by atoms with Crippen LogP contribution in [0.3, 0.4) is 0 Å². The van der Waals surface area contributed by atoms with Gasteiger partial charge in [-0.2, -0.15) is 0 Å². The van der Waals surface area contributed by atoms with Crippen LogP contribution in [0, 0.1) is 20.8 Å². The van der Waals surface area contributed by atoms with Crippen LogP contribution in [0.1, 0.15) is 22.5 Å². The zero-order valence-corrected chi connectivity index (χ0v) is 16.5. The largest absolute Gasteiger partial charge is 0.352 e. The summed E-state index contributed by atoms with van der Waals surface area (Å²) in [5.41, 5.74) is 4.13. The maximum Gasteiger partial charge on any atom is 0.270 e. The summed E-state index contributed by atoms with van der Waals surface area (Å²) >= 11 is 11.4. The highest BCUT2D eigenvalue weighted by atomic mass is 35.5. The van der Waals surface area contributed by atoms with Crippen molar-refractivity contribution in [3.63, 3.8) is 0 Å². The summed E-state index contributed by atoms with van der Waals surface area (Å²) in [5, 5.41) is 3.16. The smallest absolute Gasteiger partial charge is 0.270 e. The van der Waals surface area contributed by atoms with E-state index in [4.69, 9.17) is 23.8 Å². The number of aryl methyl sites for hydroxylation is 1. The van der Waals surface area contributed by atoms with Gasteiger partial charge in [0.2, 0.25) is 0 Å². The van der Waals surface area contributed by atoms with E-state index in [0.29, 0.717) is 16.3 Å². The molecule has 1 aromatic carbocycles. The summed E-state index contributed by atoms with van der Waals surface area (Å²) in [7, 11) is 1.94. The zero-order chi connectivity index (χ0) is 19.2. The average molecular weight is 388 g/mol. The van der Waals surface area contributed by atoms with Gasteiger partial charge >= 0.3 is 0 Å². The maximum atomic E-state index is 13.1. The number of carbonyl (C=O) groups is 2. The highest BCUT2D eigenvalue weighted by Crippen LogP contribution is 2.30. The van der Waals surface area contributed by atoms with E-state index < -0.39 is 11.8 Å². The van der Waals surface area contributed by atoms with Gasteiger partial charge in [0, 0.05) is 23.5 Å². The number of nitrogens with one attached hydrogen (secondary N) is 1. The molecular weight excluding hydrogens is 370 g/mol. The molecule has 5 nitrogen and oxygen atoms in total. The molecule has 134 valence electrons. The van der Waals surface area contributed by atoms with Crippen LogP contribution in [0.25, 0.3) is 6.08 Å². The Morgan fingerprint density at radius 2 is 1.88 bits per heavy atom. The van der Waals surface area contributed by atoms with Crippen molar-refractivity contribution in [2.45, 2.75) is 20.8 Å². The van der Waals surface area contributed by atoms with Gasteiger partial charge in [0.1, 0.15) is 5.57 Å². The molecule has 0 unspecified atom stereocenters. The summed E-state index contributed by atoms with van der Waals surface area (Å²) < 4.78 is 2.00. The Bertz CT molecular complexity index is 991. The number of benzene rings is 1. The van der Waals surface area contributed by atoms with E-state index in [-0.39, 0.29) is 10.7 Å². The molecule has 1 N–H and O–H groups in total. The Morgan fingerprint density at radius 1 is 1.19 bits per heavy atom. The highest BCUT2D eigenvalue weighted by molar-refractivity contribution is 7.80. The van der Waals surface area contributed by atoms with Crippen molar-refractivity contribution in [1.29, 1.82) is 0 Å². The van der Waals surface area contributed by atoms with Crippen molar-refractivity contribution in [1.82, 2.24) is 9.88 Å². The SMILES string of the molecule is Cc1c(Cl)cccc1N1C(=O)/C(=C/c2cc(C)n(C)c2C)C(=O)NC1=S. The van der Waals surface area contributed by atoms with Gasteiger partial charge in [0.25, 0.3) is 11.8 Å². The van der Waals surface area contributed by atoms with E-state index in [2.05, 4.69) is 5.32 Å². The lowest BCUT2D eigenvalue weighted by molar-refractivity contribution is -0.122. The van der Waals surface area contributed by atoms with Crippen molar-refractivity contribution in [2.75, 3.05) is 4.90 Å². The third-order valence-electron chi connectivity index (χ3n) is 4.70. The molecule has 2 heterocycles. The lowest BCUT2D eigenvalue weighted by Crippen LogP contribution is -2.54. The first kappa shape index (κ1) is 18.4. The van der Waals surface area contributed by atoms with Crippen LogP contribution in [0.15, 0.2) is 29.8 Å². The van der Waals surface area contributed by atoms with Gasteiger partial charge in [-0.05, 0) is 68.4 Å². The molecule has 1 aliphatic heterocycles. The minimum atomic E-state index is -0.503. The molecule has 0 saturated carbocycles. The molecule has 0 radical (unpaired) electrons. The zero-order valence-electron chi connectivity index (χ0n) is 14.9. The molecule has 0 aliphatic carbocycles. The number of halogens is 1. The van der Waals surface area contributed by atoms with Crippen LogP contribution < -0.4 is 10.2 Å². The van der Waals surface area contributed by atoms with Gasteiger partial charge in [0.15, 0.2) is 5.11 Å². The van der Waals surface area contributed by atoms with Gasteiger partial charge in [-0.1, -0.05) is 17.7 Å². The molecule has 0 bridgehead atoms. The molecule has 7 heteroatoms. The maximum absolute atomic E-state index is 13.1. The fraction of sp³-hybridized carbons (Fsp3) is 0.211. The first-order valence-electron chi connectivity index (χ1n) is 8.02. The van der Waals surface area contributed by atoms with Crippen LogP contribution in [0.2, 0.25) is 5.02 Å². The Morgan fingerprint density at radius 3 is 2.50 bits per heavy atom. The second-order valence-electron chi connectivity index (χ2n) is 6.23. The number of rotatable bonds is 2. The monoisotopic (exact) mass is 387 g/mol. The van der Waals surface area contributed by atoms with Gasteiger partial charge < -0.3 is 4.57 Å². The lowest BCUT2D eigenvalue weighted by atomic mass is 10.1. The van der Waals surface area contributed by atoms with Crippen LogP contribution in [0.5, 0.6) is 0 Å². The van der Waals surface area contributed by atoms with Crippen molar-refractivity contribution >= 4 is 52.5 Å². The molecule has 1 fully saturated rings. The van der Waals surface area contributed by atoms with Gasteiger partial charge in [0.05, 0.1) is 5.69 Å². The normalized spacial score (nSPS) is 16.4. The fourth-order valence-electron chi connectivity index (χ4n) is 2.90.